The Balaban J connectivity index is 2.98. The lowest BCUT2D eigenvalue weighted by atomic mass is 10.1. The molecule has 0 radical (unpaired) electrons. The maximum Gasteiger partial charge on any atom is 0.372 e. The predicted octanol–water partition coefficient (Wildman–Crippen LogP) is 3.11. The highest BCUT2D eigenvalue weighted by molar-refractivity contribution is 9.10. The maximum atomic E-state index is 11.5. The van der Waals surface area contributed by atoms with Gasteiger partial charge in [0.25, 0.3) is 0 Å². The number of aromatic hydroxyl groups is 1. The van der Waals surface area contributed by atoms with E-state index in [1.807, 2.05) is 0 Å². The van der Waals surface area contributed by atoms with Crippen LogP contribution in [0.1, 0.15) is 33.4 Å². The number of hydrogen-bond acceptors (Lipinski definition) is 4. The number of halogens is 1. The molecule has 0 bridgehead atoms. The normalized spacial score (nSPS) is 10.8. The van der Waals surface area contributed by atoms with E-state index in [0.717, 1.165) is 0 Å². The molecule has 0 spiro atoms. The molecule has 94 valence electrons. The molecule has 0 amide bonds. The molecule has 5 nitrogen and oxygen atoms in total. The van der Waals surface area contributed by atoms with Crippen LogP contribution in [-0.2, 0) is 0 Å². The van der Waals surface area contributed by atoms with Gasteiger partial charge in [0.1, 0.15) is 16.9 Å². The Kier molecular flexibility index (Phi) is 2.90. The molecule has 1 aromatic heterocycles. The van der Waals surface area contributed by atoms with E-state index in [-0.39, 0.29) is 22.7 Å². The van der Waals surface area contributed by atoms with Crippen LogP contribution >= 0.6 is 15.9 Å². The molecule has 18 heavy (non-hydrogen) atoms. The number of aryl methyl sites for hydroxylation is 1. The molecule has 6 heteroatoms. The Hall–Kier alpha value is -1.82. The number of carbonyl (C=O) groups is 2. The first-order chi connectivity index (χ1) is 8.34. The first-order valence-electron chi connectivity index (χ1n) is 5.03. The summed E-state index contributed by atoms with van der Waals surface area (Å²) in [6.07, 6.45) is 0. The topological polar surface area (TPSA) is 87.7 Å². The predicted molar refractivity (Wildman–Crippen MR) is 67.3 cm³/mol. The molecule has 0 fully saturated rings. The van der Waals surface area contributed by atoms with Gasteiger partial charge in [0, 0.05) is 10.9 Å². The number of Topliss-reactive ketones (excluding diaryl/α,β-unsaturated/α-hetero) is 1. The largest absolute Gasteiger partial charge is 0.506 e. The first kappa shape index (κ1) is 12.6. The minimum Gasteiger partial charge on any atom is -0.506 e. The third-order valence-corrected chi connectivity index (χ3v) is 3.31. The van der Waals surface area contributed by atoms with Gasteiger partial charge in [-0.25, -0.2) is 4.79 Å². The minimum atomic E-state index is -1.21. The van der Waals surface area contributed by atoms with Crippen LogP contribution in [0.25, 0.3) is 11.0 Å². The lowest BCUT2D eigenvalue weighted by molar-refractivity contribution is 0.0663. The van der Waals surface area contributed by atoms with Crippen LogP contribution in [0.5, 0.6) is 5.75 Å². The number of furan rings is 1. The van der Waals surface area contributed by atoms with Crippen molar-refractivity contribution in [3.05, 3.63) is 27.4 Å². The number of carboxylic acid groups (broad SMARTS) is 1. The summed E-state index contributed by atoms with van der Waals surface area (Å²) < 4.78 is 5.51. The molecule has 0 saturated heterocycles. The van der Waals surface area contributed by atoms with Crippen LogP contribution in [-0.4, -0.2) is 22.0 Å². The Morgan fingerprint density at radius 3 is 2.50 bits per heavy atom. The van der Waals surface area contributed by atoms with E-state index in [9.17, 15) is 14.7 Å². The van der Waals surface area contributed by atoms with Crippen molar-refractivity contribution in [3.63, 3.8) is 0 Å². The molecule has 1 heterocycles. The van der Waals surface area contributed by atoms with E-state index in [0.29, 0.717) is 15.4 Å². The van der Waals surface area contributed by atoms with Crippen molar-refractivity contribution in [2.75, 3.05) is 0 Å². The lowest BCUT2D eigenvalue weighted by Gasteiger charge is -2.03. The van der Waals surface area contributed by atoms with Crippen molar-refractivity contribution in [3.8, 4) is 5.75 Å². The van der Waals surface area contributed by atoms with Crippen LogP contribution in [0.4, 0.5) is 0 Å². The summed E-state index contributed by atoms with van der Waals surface area (Å²) in [5.41, 5.74) is 0.494. The summed E-state index contributed by atoms with van der Waals surface area (Å²) in [6.45, 7) is 2.86. The number of aromatic carboxylic acids is 1. The number of carbonyl (C=O) groups excluding carboxylic acids is 1. The summed E-state index contributed by atoms with van der Waals surface area (Å²) in [5.74, 6) is -2.09. The first-order valence-corrected chi connectivity index (χ1v) is 5.82. The summed E-state index contributed by atoms with van der Waals surface area (Å²) >= 11 is 3.12. The molecule has 0 aliphatic rings. The molecule has 1 aromatic carbocycles. The molecule has 0 aliphatic carbocycles. The van der Waals surface area contributed by atoms with Crippen LogP contribution in [0.15, 0.2) is 15.0 Å². The number of rotatable bonds is 2. The second kappa shape index (κ2) is 4.13. The van der Waals surface area contributed by atoms with Crippen molar-refractivity contribution in [1.29, 1.82) is 0 Å². The molecular formula is C12H9BrO5. The van der Waals surface area contributed by atoms with E-state index in [4.69, 9.17) is 9.52 Å². The van der Waals surface area contributed by atoms with Gasteiger partial charge in [-0.05, 0) is 35.8 Å². The van der Waals surface area contributed by atoms with Crippen molar-refractivity contribution in [2.24, 2.45) is 0 Å². The van der Waals surface area contributed by atoms with Crippen LogP contribution in [0, 0.1) is 6.92 Å². The van der Waals surface area contributed by atoms with Gasteiger partial charge in [-0.2, -0.15) is 0 Å². The van der Waals surface area contributed by atoms with E-state index in [1.54, 1.807) is 6.92 Å². The highest BCUT2D eigenvalue weighted by Crippen LogP contribution is 2.38. The molecule has 0 unspecified atom stereocenters. The van der Waals surface area contributed by atoms with Gasteiger partial charge in [0.2, 0.25) is 5.76 Å². The van der Waals surface area contributed by atoms with Crippen molar-refractivity contribution >= 4 is 38.7 Å². The number of phenolic OH excluding ortho intramolecular Hbond substituents is 1. The van der Waals surface area contributed by atoms with Gasteiger partial charge in [0.15, 0.2) is 5.78 Å². The summed E-state index contributed by atoms with van der Waals surface area (Å²) in [7, 11) is 0. The van der Waals surface area contributed by atoms with Gasteiger partial charge in [-0.1, -0.05) is 0 Å². The Morgan fingerprint density at radius 1 is 1.39 bits per heavy atom. The van der Waals surface area contributed by atoms with Crippen molar-refractivity contribution < 1.29 is 24.2 Å². The lowest BCUT2D eigenvalue weighted by Crippen LogP contribution is -1.95. The number of benzene rings is 1. The van der Waals surface area contributed by atoms with Gasteiger partial charge in [-0.15, -0.1) is 0 Å². The smallest absolute Gasteiger partial charge is 0.372 e. The standard InChI is InChI=1S/C12H9BrO5/c1-4-6-3-7(13)9(15)8(5(2)14)11(6)18-10(4)12(16)17/h3,15H,1-2H3,(H,16,17). The zero-order chi connectivity index (χ0) is 13.6. The zero-order valence-electron chi connectivity index (χ0n) is 9.57. The molecule has 0 aliphatic heterocycles. The molecule has 0 atom stereocenters. The summed E-state index contributed by atoms with van der Waals surface area (Å²) in [5, 5.41) is 19.3. The summed E-state index contributed by atoms with van der Waals surface area (Å²) in [6, 6.07) is 1.53. The third kappa shape index (κ3) is 1.69. The van der Waals surface area contributed by atoms with Crippen LogP contribution in [0.3, 0.4) is 0 Å². The van der Waals surface area contributed by atoms with Gasteiger partial charge in [0.05, 0.1) is 4.47 Å². The van der Waals surface area contributed by atoms with Crippen LogP contribution in [0.2, 0.25) is 0 Å². The molecule has 2 aromatic rings. The maximum absolute atomic E-state index is 11.5. The highest BCUT2D eigenvalue weighted by atomic mass is 79.9. The Labute approximate surface area is 110 Å². The molecule has 0 saturated carbocycles. The second-order valence-corrected chi connectivity index (χ2v) is 4.73. The fraction of sp³-hybridized carbons (Fsp3) is 0.167. The Bertz CT molecular complexity index is 684. The third-order valence-electron chi connectivity index (χ3n) is 2.70. The average molecular weight is 313 g/mol. The van der Waals surface area contributed by atoms with E-state index in [1.165, 1.54) is 13.0 Å². The number of hydrogen-bond donors (Lipinski definition) is 2. The van der Waals surface area contributed by atoms with Crippen molar-refractivity contribution in [1.82, 2.24) is 0 Å². The van der Waals surface area contributed by atoms with E-state index in [2.05, 4.69) is 15.9 Å². The average Bonchev–Trinajstić information content (AvgIpc) is 2.57. The fourth-order valence-electron chi connectivity index (χ4n) is 1.84. The molecule has 2 rings (SSSR count). The van der Waals surface area contributed by atoms with Crippen LogP contribution < -0.4 is 0 Å². The number of carboxylic acids is 1. The number of ketones is 1. The van der Waals surface area contributed by atoms with Gasteiger partial charge >= 0.3 is 5.97 Å². The fourth-order valence-corrected chi connectivity index (χ4v) is 2.27. The van der Waals surface area contributed by atoms with Gasteiger partial charge < -0.3 is 14.6 Å². The zero-order valence-corrected chi connectivity index (χ0v) is 11.2. The van der Waals surface area contributed by atoms with E-state index < -0.39 is 11.8 Å². The monoisotopic (exact) mass is 312 g/mol. The van der Waals surface area contributed by atoms with E-state index >= 15 is 0 Å². The number of fused-ring (bicyclic) bond motifs is 1. The number of phenols is 1. The van der Waals surface area contributed by atoms with Gasteiger partial charge in [-0.3, -0.25) is 4.79 Å². The molecule has 2 N–H and O–H groups in total. The van der Waals surface area contributed by atoms with Crippen molar-refractivity contribution in [2.45, 2.75) is 13.8 Å². The SMILES string of the molecule is CC(=O)c1c(O)c(Br)cc2c(C)c(C(=O)O)oc12. The minimum absolute atomic E-state index is 0.0185. The highest BCUT2D eigenvalue weighted by Gasteiger charge is 2.24. The Morgan fingerprint density at radius 2 is 2.00 bits per heavy atom. The summed E-state index contributed by atoms with van der Waals surface area (Å²) in [4.78, 5) is 22.5. The second-order valence-electron chi connectivity index (χ2n) is 3.88. The molecular weight excluding hydrogens is 304 g/mol. The quantitative estimate of drug-likeness (QED) is 0.832.